The van der Waals surface area contributed by atoms with E-state index >= 15 is 0 Å². The molecule has 3 rings (SSSR count). The van der Waals surface area contributed by atoms with Gasteiger partial charge in [-0.15, -0.1) is 5.10 Å². The molecule has 0 radical (unpaired) electrons. The molecule has 2 aromatic heterocycles. The van der Waals surface area contributed by atoms with Gasteiger partial charge in [0.05, 0.1) is 16.4 Å². The van der Waals surface area contributed by atoms with Gasteiger partial charge in [0, 0.05) is 18.3 Å². The fourth-order valence-electron chi connectivity index (χ4n) is 2.33. The molecule has 3 aromatic rings. The molecule has 0 saturated carbocycles. The summed E-state index contributed by atoms with van der Waals surface area (Å²) < 4.78 is 3.30. The molecular weight excluding hydrogens is 330 g/mol. The second-order valence-electron chi connectivity index (χ2n) is 5.53. The van der Waals surface area contributed by atoms with Crippen molar-refractivity contribution in [3.05, 3.63) is 47.8 Å². The summed E-state index contributed by atoms with van der Waals surface area (Å²) >= 11 is 6.17. The lowest BCUT2D eigenvalue weighted by Gasteiger charge is -2.12. The largest absolute Gasteiger partial charge is 0.325 e. The third-order valence-corrected chi connectivity index (χ3v) is 3.75. The van der Waals surface area contributed by atoms with Crippen LogP contribution >= 0.6 is 11.6 Å². The topological polar surface area (TPSA) is 90.5 Å². The number of halogens is 1. The SMILES string of the molecule is CC(C)c1nccn1CC(=O)Nc1cc(-n2cnnn2)ccc1Cl. The van der Waals surface area contributed by atoms with E-state index in [1.54, 1.807) is 30.6 Å². The van der Waals surface area contributed by atoms with Gasteiger partial charge in [0.25, 0.3) is 0 Å². The zero-order valence-electron chi connectivity index (χ0n) is 13.2. The minimum atomic E-state index is -0.189. The predicted octanol–water partition coefficient (Wildman–Crippen LogP) is 2.27. The molecule has 124 valence electrons. The highest BCUT2D eigenvalue weighted by Crippen LogP contribution is 2.24. The average molecular weight is 346 g/mol. The number of nitrogens with one attached hydrogen (secondary N) is 1. The van der Waals surface area contributed by atoms with Crippen LogP contribution in [0.25, 0.3) is 5.69 Å². The van der Waals surface area contributed by atoms with E-state index in [1.807, 2.05) is 18.4 Å². The van der Waals surface area contributed by atoms with E-state index in [1.165, 1.54) is 11.0 Å². The summed E-state index contributed by atoms with van der Waals surface area (Å²) in [6, 6.07) is 5.17. The Kier molecular flexibility index (Phi) is 4.57. The van der Waals surface area contributed by atoms with E-state index in [-0.39, 0.29) is 18.4 Å². The van der Waals surface area contributed by atoms with E-state index in [0.717, 1.165) is 5.82 Å². The first-order valence-electron chi connectivity index (χ1n) is 7.38. The van der Waals surface area contributed by atoms with Crippen LogP contribution in [0.3, 0.4) is 0 Å². The molecule has 1 N–H and O–H groups in total. The van der Waals surface area contributed by atoms with Crippen molar-refractivity contribution in [2.24, 2.45) is 0 Å². The van der Waals surface area contributed by atoms with Crippen molar-refractivity contribution in [1.82, 2.24) is 29.8 Å². The van der Waals surface area contributed by atoms with E-state index in [0.29, 0.717) is 16.4 Å². The second kappa shape index (κ2) is 6.79. The molecule has 1 amide bonds. The minimum Gasteiger partial charge on any atom is -0.325 e. The van der Waals surface area contributed by atoms with Crippen LogP contribution in [-0.2, 0) is 11.3 Å². The summed E-state index contributed by atoms with van der Waals surface area (Å²) in [5.74, 6) is 0.906. The van der Waals surface area contributed by atoms with Crippen LogP contribution < -0.4 is 5.32 Å². The Labute approximate surface area is 143 Å². The van der Waals surface area contributed by atoms with Gasteiger partial charge >= 0.3 is 0 Å². The highest BCUT2D eigenvalue weighted by molar-refractivity contribution is 6.33. The van der Waals surface area contributed by atoms with Crippen LogP contribution in [-0.4, -0.2) is 35.7 Å². The molecular formula is C15H16ClN7O. The van der Waals surface area contributed by atoms with Crippen LogP contribution in [0.4, 0.5) is 5.69 Å². The molecule has 0 fully saturated rings. The number of rotatable bonds is 5. The number of nitrogens with zero attached hydrogens (tertiary/aromatic N) is 6. The number of amides is 1. The predicted molar refractivity (Wildman–Crippen MR) is 89.1 cm³/mol. The molecule has 1 aromatic carbocycles. The number of benzene rings is 1. The molecule has 9 heteroatoms. The Hall–Kier alpha value is -2.74. The first-order chi connectivity index (χ1) is 11.5. The maximum atomic E-state index is 12.3. The van der Waals surface area contributed by atoms with E-state index in [9.17, 15) is 4.79 Å². The van der Waals surface area contributed by atoms with E-state index in [2.05, 4.69) is 25.8 Å². The lowest BCUT2D eigenvalue weighted by atomic mass is 10.2. The maximum Gasteiger partial charge on any atom is 0.244 e. The summed E-state index contributed by atoms with van der Waals surface area (Å²) in [5.41, 5.74) is 1.20. The Balaban J connectivity index is 1.77. The molecule has 0 atom stereocenters. The summed E-state index contributed by atoms with van der Waals surface area (Å²) in [6.45, 7) is 4.23. The lowest BCUT2D eigenvalue weighted by Crippen LogP contribution is -2.20. The lowest BCUT2D eigenvalue weighted by molar-refractivity contribution is -0.116. The van der Waals surface area contributed by atoms with Crippen molar-refractivity contribution >= 4 is 23.2 Å². The van der Waals surface area contributed by atoms with Crippen LogP contribution in [0.1, 0.15) is 25.6 Å². The minimum absolute atomic E-state index is 0.166. The Bertz CT molecular complexity index is 841. The smallest absolute Gasteiger partial charge is 0.244 e. The molecule has 0 aliphatic heterocycles. The van der Waals surface area contributed by atoms with E-state index < -0.39 is 0 Å². The summed E-state index contributed by atoms with van der Waals surface area (Å²) in [5, 5.41) is 14.2. The van der Waals surface area contributed by atoms with Gasteiger partial charge in [-0.05, 0) is 28.6 Å². The summed E-state index contributed by atoms with van der Waals surface area (Å²) in [6.07, 6.45) is 4.94. The third kappa shape index (κ3) is 3.43. The van der Waals surface area contributed by atoms with Crippen LogP contribution in [0.15, 0.2) is 36.9 Å². The molecule has 0 saturated heterocycles. The molecule has 2 heterocycles. The van der Waals surface area contributed by atoms with E-state index in [4.69, 9.17) is 11.6 Å². The number of hydrogen-bond donors (Lipinski definition) is 1. The fourth-order valence-corrected chi connectivity index (χ4v) is 2.50. The number of carbonyl (C=O) groups is 1. The zero-order valence-corrected chi connectivity index (χ0v) is 14.0. The van der Waals surface area contributed by atoms with Gasteiger partial charge in [-0.3, -0.25) is 4.79 Å². The highest BCUT2D eigenvalue weighted by Gasteiger charge is 2.12. The normalized spacial score (nSPS) is 11.0. The van der Waals surface area contributed by atoms with Crippen molar-refractivity contribution in [2.45, 2.75) is 26.3 Å². The molecule has 0 spiro atoms. The highest BCUT2D eigenvalue weighted by atomic mass is 35.5. The van der Waals surface area contributed by atoms with Crippen molar-refractivity contribution in [1.29, 1.82) is 0 Å². The molecule has 24 heavy (non-hydrogen) atoms. The van der Waals surface area contributed by atoms with Gasteiger partial charge in [0.15, 0.2) is 0 Å². The zero-order chi connectivity index (χ0) is 17.1. The molecule has 0 bridgehead atoms. The number of tetrazole rings is 1. The van der Waals surface area contributed by atoms with Crippen LogP contribution in [0.2, 0.25) is 5.02 Å². The van der Waals surface area contributed by atoms with Gasteiger partial charge < -0.3 is 9.88 Å². The molecule has 8 nitrogen and oxygen atoms in total. The van der Waals surface area contributed by atoms with Crippen molar-refractivity contribution in [3.8, 4) is 5.69 Å². The van der Waals surface area contributed by atoms with Gasteiger partial charge in [-0.2, -0.15) is 0 Å². The van der Waals surface area contributed by atoms with Gasteiger partial charge in [0.1, 0.15) is 18.7 Å². The monoisotopic (exact) mass is 345 g/mol. The Morgan fingerprint density at radius 3 is 2.92 bits per heavy atom. The molecule has 0 aliphatic carbocycles. The maximum absolute atomic E-state index is 12.3. The summed E-state index contributed by atoms with van der Waals surface area (Å²) in [7, 11) is 0. The van der Waals surface area contributed by atoms with Crippen molar-refractivity contribution in [3.63, 3.8) is 0 Å². The Morgan fingerprint density at radius 2 is 2.21 bits per heavy atom. The fraction of sp³-hybridized carbons (Fsp3) is 0.267. The quantitative estimate of drug-likeness (QED) is 0.766. The van der Waals surface area contributed by atoms with Gasteiger partial charge in [0.2, 0.25) is 5.91 Å². The van der Waals surface area contributed by atoms with Gasteiger partial charge in [-0.25, -0.2) is 9.67 Å². The van der Waals surface area contributed by atoms with Crippen LogP contribution in [0, 0.1) is 0 Å². The number of anilines is 1. The first kappa shape index (κ1) is 16.1. The van der Waals surface area contributed by atoms with Gasteiger partial charge in [-0.1, -0.05) is 25.4 Å². The summed E-state index contributed by atoms with van der Waals surface area (Å²) in [4.78, 5) is 16.6. The number of imidazole rings is 1. The number of aromatic nitrogens is 6. The number of hydrogen-bond acceptors (Lipinski definition) is 5. The average Bonchev–Trinajstić information content (AvgIpc) is 3.20. The number of carbonyl (C=O) groups excluding carboxylic acids is 1. The Morgan fingerprint density at radius 1 is 1.38 bits per heavy atom. The third-order valence-electron chi connectivity index (χ3n) is 3.42. The first-order valence-corrected chi connectivity index (χ1v) is 7.76. The second-order valence-corrected chi connectivity index (χ2v) is 5.94. The van der Waals surface area contributed by atoms with Crippen molar-refractivity contribution < 1.29 is 4.79 Å². The molecule has 0 aliphatic rings. The van der Waals surface area contributed by atoms with Crippen molar-refractivity contribution in [2.75, 3.05) is 5.32 Å². The molecule has 0 unspecified atom stereocenters. The van der Waals surface area contributed by atoms with Crippen LogP contribution in [0.5, 0.6) is 0 Å². The standard InChI is InChI=1S/C15H16ClN7O/c1-10(2)15-17-5-6-22(15)8-14(24)19-13-7-11(3-4-12(13)16)23-9-18-20-21-23/h3-7,9-10H,8H2,1-2H3,(H,19,24).